The van der Waals surface area contributed by atoms with Crippen LogP contribution in [0.3, 0.4) is 0 Å². The van der Waals surface area contributed by atoms with Gasteiger partial charge in [-0.3, -0.25) is 14.4 Å². The smallest absolute Gasteiger partial charge is 0.326 e. The van der Waals surface area contributed by atoms with Crippen LogP contribution in [0.15, 0.2) is 0 Å². The molecule has 0 bridgehead atoms. The number of carboxylic acid groups (broad SMARTS) is 2. The van der Waals surface area contributed by atoms with Gasteiger partial charge < -0.3 is 15.1 Å². The zero-order valence-corrected chi connectivity index (χ0v) is 8.38. The highest BCUT2D eigenvalue weighted by Gasteiger charge is 2.36. The number of likely N-dealkylation sites (tertiary alicyclic amines) is 1. The van der Waals surface area contributed by atoms with E-state index < -0.39 is 23.9 Å². The number of rotatable bonds is 5. The van der Waals surface area contributed by atoms with Crippen molar-refractivity contribution in [2.24, 2.45) is 0 Å². The Hall–Kier alpha value is -1.92. The molecule has 0 radical (unpaired) electrons. The van der Waals surface area contributed by atoms with Crippen molar-refractivity contribution in [1.82, 2.24) is 4.90 Å². The largest absolute Gasteiger partial charge is 0.481 e. The molecule has 1 aliphatic rings. The molecular weight excluding hydrogens is 218 g/mol. The second-order valence-electron chi connectivity index (χ2n) is 3.52. The van der Waals surface area contributed by atoms with Crippen molar-refractivity contribution in [3.8, 4) is 0 Å². The van der Waals surface area contributed by atoms with Crippen LogP contribution in [0.5, 0.6) is 0 Å². The molecule has 1 saturated heterocycles. The quantitative estimate of drug-likeness (QED) is 0.591. The molecule has 1 unspecified atom stereocenters. The van der Waals surface area contributed by atoms with Crippen LogP contribution < -0.4 is 0 Å². The normalized spacial score (nSPS) is 17.6. The summed E-state index contributed by atoms with van der Waals surface area (Å²) in [4.78, 5) is 44.3. The van der Waals surface area contributed by atoms with Gasteiger partial charge in [-0.05, 0) is 6.42 Å². The first kappa shape index (κ1) is 12.2. The van der Waals surface area contributed by atoms with Gasteiger partial charge in [0.25, 0.3) is 0 Å². The van der Waals surface area contributed by atoms with Crippen LogP contribution >= 0.6 is 0 Å². The van der Waals surface area contributed by atoms with Gasteiger partial charge in [0.15, 0.2) is 5.78 Å². The monoisotopic (exact) mass is 229 g/mol. The summed E-state index contributed by atoms with van der Waals surface area (Å²) in [5.41, 5.74) is 0. The molecule has 0 aromatic heterocycles. The molecule has 16 heavy (non-hydrogen) atoms. The first-order chi connectivity index (χ1) is 7.41. The number of hydrogen-bond acceptors (Lipinski definition) is 4. The van der Waals surface area contributed by atoms with Gasteiger partial charge in [-0.25, -0.2) is 4.79 Å². The molecule has 0 spiro atoms. The molecule has 0 saturated carbocycles. The number of carbonyl (C=O) groups excluding carboxylic acids is 2. The maximum absolute atomic E-state index is 11.3. The van der Waals surface area contributed by atoms with Crippen molar-refractivity contribution in [2.75, 3.05) is 6.54 Å². The van der Waals surface area contributed by atoms with Crippen molar-refractivity contribution in [3.05, 3.63) is 0 Å². The molecule has 88 valence electrons. The number of ketones is 1. The van der Waals surface area contributed by atoms with E-state index in [1.807, 2.05) is 0 Å². The summed E-state index contributed by atoms with van der Waals surface area (Å²) in [6.07, 6.45) is -0.838. The Balaban J connectivity index is 2.70. The lowest BCUT2D eigenvalue weighted by Gasteiger charge is -2.22. The van der Waals surface area contributed by atoms with Gasteiger partial charge >= 0.3 is 11.9 Å². The van der Waals surface area contributed by atoms with Gasteiger partial charge in [0.1, 0.15) is 6.04 Å². The number of hydrogen-bond donors (Lipinski definition) is 2. The van der Waals surface area contributed by atoms with E-state index >= 15 is 0 Å². The first-order valence-corrected chi connectivity index (χ1v) is 4.67. The molecule has 0 aromatic carbocycles. The van der Waals surface area contributed by atoms with E-state index in [0.717, 1.165) is 4.90 Å². The van der Waals surface area contributed by atoms with E-state index in [2.05, 4.69) is 0 Å². The van der Waals surface area contributed by atoms with E-state index in [4.69, 9.17) is 10.2 Å². The number of carbonyl (C=O) groups is 4. The standard InChI is InChI=1S/C9H11NO6/c11-5-3-7(12)10(4-5)6(9(15)16)1-2-8(13)14/h6H,1-4H2,(H,13,14)(H,15,16). The minimum atomic E-state index is -1.29. The topological polar surface area (TPSA) is 112 Å². The Morgan fingerprint density at radius 1 is 1.31 bits per heavy atom. The predicted molar refractivity (Wildman–Crippen MR) is 49.6 cm³/mol. The summed E-state index contributed by atoms with van der Waals surface area (Å²) in [5, 5.41) is 17.3. The fraction of sp³-hybridized carbons (Fsp3) is 0.556. The maximum atomic E-state index is 11.3. The lowest BCUT2D eigenvalue weighted by molar-refractivity contribution is -0.149. The second kappa shape index (κ2) is 4.73. The van der Waals surface area contributed by atoms with Gasteiger partial charge in [-0.2, -0.15) is 0 Å². The number of Topliss-reactive ketones (excluding diaryl/α,β-unsaturated/α-hetero) is 1. The van der Waals surface area contributed by atoms with Crippen LogP contribution in [-0.4, -0.2) is 51.3 Å². The van der Waals surface area contributed by atoms with Crippen LogP contribution in [-0.2, 0) is 19.2 Å². The van der Waals surface area contributed by atoms with Crippen LogP contribution in [0.4, 0.5) is 0 Å². The minimum absolute atomic E-state index is 0.191. The highest BCUT2D eigenvalue weighted by atomic mass is 16.4. The van der Waals surface area contributed by atoms with Crippen molar-refractivity contribution in [3.63, 3.8) is 0 Å². The number of carboxylic acids is 2. The van der Waals surface area contributed by atoms with E-state index in [-0.39, 0.29) is 31.6 Å². The van der Waals surface area contributed by atoms with Crippen molar-refractivity contribution >= 4 is 23.6 Å². The Morgan fingerprint density at radius 2 is 1.94 bits per heavy atom. The molecular formula is C9H11NO6. The SMILES string of the molecule is O=C(O)CCC(C(=O)O)N1CC(=O)CC1=O. The van der Waals surface area contributed by atoms with Crippen LogP contribution in [0.1, 0.15) is 19.3 Å². The molecule has 1 aliphatic heterocycles. The van der Waals surface area contributed by atoms with Crippen LogP contribution in [0.25, 0.3) is 0 Å². The maximum Gasteiger partial charge on any atom is 0.326 e. The fourth-order valence-electron chi connectivity index (χ4n) is 1.56. The first-order valence-electron chi connectivity index (χ1n) is 4.67. The summed E-state index contributed by atoms with van der Waals surface area (Å²) >= 11 is 0. The third kappa shape index (κ3) is 2.78. The summed E-state index contributed by atoms with van der Waals surface area (Å²) in [6.45, 7) is -0.241. The number of nitrogens with zero attached hydrogens (tertiary/aromatic N) is 1. The van der Waals surface area contributed by atoms with Gasteiger partial charge in [0, 0.05) is 6.42 Å². The Morgan fingerprint density at radius 3 is 2.31 bits per heavy atom. The van der Waals surface area contributed by atoms with E-state index in [0.29, 0.717) is 0 Å². The summed E-state index contributed by atoms with van der Waals surface area (Å²) in [6, 6.07) is -1.23. The Bertz CT molecular complexity index is 350. The minimum Gasteiger partial charge on any atom is -0.481 e. The molecule has 1 atom stereocenters. The molecule has 7 nitrogen and oxygen atoms in total. The fourth-order valence-corrected chi connectivity index (χ4v) is 1.56. The Kier molecular flexibility index (Phi) is 3.60. The van der Waals surface area contributed by atoms with Gasteiger partial charge in [-0.1, -0.05) is 0 Å². The predicted octanol–water partition coefficient (Wildman–Crippen LogP) is -0.894. The summed E-state index contributed by atoms with van der Waals surface area (Å²) < 4.78 is 0. The molecule has 7 heteroatoms. The molecule has 0 aliphatic carbocycles. The van der Waals surface area contributed by atoms with Crippen molar-refractivity contribution < 1.29 is 29.4 Å². The van der Waals surface area contributed by atoms with Gasteiger partial charge in [0.05, 0.1) is 13.0 Å². The second-order valence-corrected chi connectivity index (χ2v) is 3.52. The molecule has 1 amide bonds. The average Bonchev–Trinajstić information content (AvgIpc) is 2.45. The highest BCUT2D eigenvalue weighted by Crippen LogP contribution is 2.15. The lowest BCUT2D eigenvalue weighted by atomic mass is 10.1. The molecule has 2 N–H and O–H groups in total. The van der Waals surface area contributed by atoms with Gasteiger partial charge in [0.2, 0.25) is 5.91 Å². The van der Waals surface area contributed by atoms with E-state index in [1.165, 1.54) is 0 Å². The molecule has 1 heterocycles. The Labute approximate surface area is 90.6 Å². The number of amides is 1. The lowest BCUT2D eigenvalue weighted by Crippen LogP contribution is -2.42. The third-order valence-electron chi connectivity index (χ3n) is 2.31. The summed E-state index contributed by atoms with van der Waals surface area (Å²) in [7, 11) is 0. The van der Waals surface area contributed by atoms with E-state index in [9.17, 15) is 19.2 Å². The highest BCUT2D eigenvalue weighted by molar-refractivity contribution is 6.06. The van der Waals surface area contributed by atoms with Crippen LogP contribution in [0, 0.1) is 0 Å². The van der Waals surface area contributed by atoms with Crippen molar-refractivity contribution in [2.45, 2.75) is 25.3 Å². The number of aliphatic carboxylic acids is 2. The van der Waals surface area contributed by atoms with Crippen LogP contribution in [0.2, 0.25) is 0 Å². The zero-order valence-electron chi connectivity index (χ0n) is 8.38. The van der Waals surface area contributed by atoms with Crippen molar-refractivity contribution in [1.29, 1.82) is 0 Å². The average molecular weight is 229 g/mol. The zero-order chi connectivity index (χ0) is 12.3. The van der Waals surface area contributed by atoms with Gasteiger partial charge in [-0.15, -0.1) is 0 Å². The van der Waals surface area contributed by atoms with E-state index in [1.54, 1.807) is 0 Å². The molecule has 1 fully saturated rings. The third-order valence-corrected chi connectivity index (χ3v) is 2.31. The molecule has 1 rings (SSSR count). The summed E-state index contributed by atoms with van der Waals surface area (Å²) in [5.74, 6) is -3.32. The molecule has 0 aromatic rings.